The molecule has 0 radical (unpaired) electrons. The zero-order valence-corrected chi connectivity index (χ0v) is 10.5. The van der Waals surface area contributed by atoms with Crippen LogP contribution in [0.3, 0.4) is 0 Å². The predicted octanol–water partition coefficient (Wildman–Crippen LogP) is 1.46. The maximum atomic E-state index is 11.3. The summed E-state index contributed by atoms with van der Waals surface area (Å²) in [4.78, 5) is 11.3. The summed E-state index contributed by atoms with van der Waals surface area (Å²) < 4.78 is 1.12. The van der Waals surface area contributed by atoms with Crippen LogP contribution in [0.5, 0.6) is 0 Å². The van der Waals surface area contributed by atoms with Crippen molar-refractivity contribution in [2.24, 2.45) is 5.73 Å². The topological polar surface area (TPSA) is 55.1 Å². The van der Waals surface area contributed by atoms with Gasteiger partial charge in [0.05, 0.1) is 8.45 Å². The fraction of sp³-hybridized carbons (Fsp3) is 0.286. The van der Waals surface area contributed by atoms with Crippen LogP contribution in [0.4, 0.5) is 0 Å². The van der Waals surface area contributed by atoms with E-state index < -0.39 is 0 Å². The van der Waals surface area contributed by atoms with E-state index in [1.165, 1.54) is 0 Å². The molecule has 0 saturated heterocycles. The van der Waals surface area contributed by atoms with Crippen LogP contribution >= 0.6 is 46.3 Å². The van der Waals surface area contributed by atoms with Gasteiger partial charge in [-0.2, -0.15) is 0 Å². The van der Waals surface area contributed by atoms with Crippen LogP contribution in [0.15, 0.2) is 11.4 Å². The monoisotopic (exact) mass is 332 g/mol. The number of amides is 1. The Morgan fingerprint density at radius 3 is 2.85 bits per heavy atom. The van der Waals surface area contributed by atoms with Crippen LogP contribution in [-0.4, -0.2) is 19.0 Å². The zero-order valence-electron chi connectivity index (χ0n) is 6.75. The normalized spacial score (nSPS) is 9.08. The van der Waals surface area contributed by atoms with Crippen LogP contribution in [0.25, 0.3) is 0 Å². The van der Waals surface area contributed by atoms with Crippen molar-refractivity contribution in [2.45, 2.75) is 0 Å². The molecule has 0 aliphatic heterocycles. The Balaban J connectivity index is 0.00000144. The highest BCUT2D eigenvalue weighted by atomic mass is 127. The molecule has 3 nitrogen and oxygen atoms in total. The SMILES string of the molecule is Cl.NCCNC(=O)c1csc(I)c1. The first-order chi connectivity index (χ1) is 5.74. The molecule has 0 aliphatic rings. The number of hydrogen-bond acceptors (Lipinski definition) is 3. The van der Waals surface area contributed by atoms with E-state index in [0.717, 1.165) is 8.45 Å². The quantitative estimate of drug-likeness (QED) is 0.824. The van der Waals surface area contributed by atoms with Gasteiger partial charge in [0.1, 0.15) is 0 Å². The molecule has 0 fully saturated rings. The predicted molar refractivity (Wildman–Crippen MR) is 65.7 cm³/mol. The Morgan fingerprint density at radius 1 is 1.69 bits per heavy atom. The minimum absolute atomic E-state index is 0. The van der Waals surface area contributed by atoms with Crippen molar-refractivity contribution in [2.75, 3.05) is 13.1 Å². The van der Waals surface area contributed by atoms with Crippen LogP contribution < -0.4 is 11.1 Å². The maximum absolute atomic E-state index is 11.3. The Hall–Kier alpha value is 0.150. The molecule has 0 atom stereocenters. The van der Waals surface area contributed by atoms with Crippen molar-refractivity contribution in [3.63, 3.8) is 0 Å². The lowest BCUT2D eigenvalue weighted by molar-refractivity contribution is 0.0955. The van der Waals surface area contributed by atoms with Crippen LogP contribution in [-0.2, 0) is 0 Å². The highest BCUT2D eigenvalue weighted by Crippen LogP contribution is 2.16. The molecular weight excluding hydrogens is 323 g/mol. The van der Waals surface area contributed by atoms with Crippen molar-refractivity contribution in [1.29, 1.82) is 0 Å². The highest BCUT2D eigenvalue weighted by Gasteiger charge is 2.05. The molecule has 0 bridgehead atoms. The zero-order chi connectivity index (χ0) is 8.97. The summed E-state index contributed by atoms with van der Waals surface area (Å²) >= 11 is 3.75. The Kier molecular flexibility index (Phi) is 6.66. The van der Waals surface area contributed by atoms with E-state index >= 15 is 0 Å². The Bertz CT molecular complexity index is 279. The number of nitrogens with two attached hydrogens (primary N) is 1. The van der Waals surface area contributed by atoms with Crippen molar-refractivity contribution in [3.05, 3.63) is 19.9 Å². The third-order valence-electron chi connectivity index (χ3n) is 1.26. The molecule has 3 N–H and O–H groups in total. The van der Waals surface area contributed by atoms with Crippen molar-refractivity contribution in [1.82, 2.24) is 5.32 Å². The number of carbonyl (C=O) groups is 1. The molecule has 0 aliphatic carbocycles. The molecule has 1 aromatic rings. The van der Waals surface area contributed by atoms with Gasteiger partial charge in [-0.05, 0) is 28.7 Å². The van der Waals surface area contributed by atoms with Gasteiger partial charge in [-0.15, -0.1) is 23.7 Å². The van der Waals surface area contributed by atoms with E-state index in [0.29, 0.717) is 13.1 Å². The van der Waals surface area contributed by atoms with E-state index in [9.17, 15) is 4.79 Å². The molecule has 74 valence electrons. The first-order valence-corrected chi connectivity index (χ1v) is 5.42. The summed E-state index contributed by atoms with van der Waals surface area (Å²) in [6.07, 6.45) is 0. The molecule has 1 heterocycles. The first kappa shape index (κ1) is 13.2. The first-order valence-electron chi connectivity index (χ1n) is 3.46. The van der Waals surface area contributed by atoms with E-state index in [4.69, 9.17) is 5.73 Å². The van der Waals surface area contributed by atoms with Gasteiger partial charge in [0, 0.05) is 18.5 Å². The minimum atomic E-state index is -0.0420. The van der Waals surface area contributed by atoms with Gasteiger partial charge in [-0.25, -0.2) is 0 Å². The van der Waals surface area contributed by atoms with Crippen LogP contribution in [0.1, 0.15) is 10.4 Å². The van der Waals surface area contributed by atoms with Crippen LogP contribution in [0, 0.1) is 2.88 Å². The molecule has 13 heavy (non-hydrogen) atoms. The van der Waals surface area contributed by atoms with Crippen molar-refractivity contribution in [3.8, 4) is 0 Å². The van der Waals surface area contributed by atoms with E-state index in [1.807, 2.05) is 11.4 Å². The fourth-order valence-electron chi connectivity index (χ4n) is 0.717. The minimum Gasteiger partial charge on any atom is -0.351 e. The lowest BCUT2D eigenvalue weighted by Crippen LogP contribution is -2.28. The van der Waals surface area contributed by atoms with Gasteiger partial charge in [0.15, 0.2) is 0 Å². The van der Waals surface area contributed by atoms with Crippen molar-refractivity contribution < 1.29 is 4.79 Å². The highest BCUT2D eigenvalue weighted by molar-refractivity contribution is 14.1. The largest absolute Gasteiger partial charge is 0.351 e. The van der Waals surface area contributed by atoms with Gasteiger partial charge < -0.3 is 11.1 Å². The second-order valence-electron chi connectivity index (χ2n) is 2.18. The summed E-state index contributed by atoms with van der Waals surface area (Å²) in [6.45, 7) is 1.01. The standard InChI is InChI=1S/C7H9IN2OS.ClH/c8-6-3-5(4-12-6)7(11)10-2-1-9;/h3-4H,1-2,9H2,(H,10,11);1H. The van der Waals surface area contributed by atoms with Crippen LogP contribution in [0.2, 0.25) is 0 Å². The molecular formula is C7H10ClIN2OS. The fourth-order valence-corrected chi connectivity index (χ4v) is 2.04. The van der Waals surface area contributed by atoms with E-state index in [1.54, 1.807) is 11.3 Å². The molecule has 0 saturated carbocycles. The maximum Gasteiger partial charge on any atom is 0.252 e. The molecule has 0 spiro atoms. The summed E-state index contributed by atoms with van der Waals surface area (Å²) in [6, 6.07) is 1.86. The smallest absolute Gasteiger partial charge is 0.252 e. The number of nitrogens with one attached hydrogen (secondary N) is 1. The number of hydrogen-bond donors (Lipinski definition) is 2. The Morgan fingerprint density at radius 2 is 2.38 bits per heavy atom. The molecule has 0 aromatic carbocycles. The number of halogens is 2. The van der Waals surface area contributed by atoms with Gasteiger partial charge in [-0.3, -0.25) is 4.79 Å². The van der Waals surface area contributed by atoms with Gasteiger partial charge in [0.2, 0.25) is 0 Å². The third kappa shape index (κ3) is 4.26. The number of carbonyl (C=O) groups excluding carboxylic acids is 1. The Labute approximate surface area is 101 Å². The van der Waals surface area contributed by atoms with Gasteiger partial charge in [-0.1, -0.05) is 0 Å². The van der Waals surface area contributed by atoms with E-state index in [-0.39, 0.29) is 18.3 Å². The summed E-state index contributed by atoms with van der Waals surface area (Å²) in [7, 11) is 0. The number of rotatable bonds is 3. The summed E-state index contributed by atoms with van der Waals surface area (Å²) in [5.74, 6) is -0.0420. The second-order valence-corrected chi connectivity index (χ2v) is 4.99. The summed E-state index contributed by atoms with van der Waals surface area (Å²) in [5, 5.41) is 4.54. The molecule has 1 rings (SSSR count). The van der Waals surface area contributed by atoms with E-state index in [2.05, 4.69) is 27.9 Å². The lowest BCUT2D eigenvalue weighted by atomic mass is 10.3. The molecule has 1 amide bonds. The summed E-state index contributed by atoms with van der Waals surface area (Å²) in [5.41, 5.74) is 5.97. The molecule has 1 aromatic heterocycles. The number of thiophene rings is 1. The second kappa shape index (κ2) is 6.58. The average molecular weight is 333 g/mol. The third-order valence-corrected chi connectivity index (χ3v) is 3.05. The average Bonchev–Trinajstić information content (AvgIpc) is 2.47. The van der Waals surface area contributed by atoms with Gasteiger partial charge in [0.25, 0.3) is 5.91 Å². The molecule has 6 heteroatoms. The van der Waals surface area contributed by atoms with Gasteiger partial charge >= 0.3 is 0 Å². The molecule has 0 unspecified atom stereocenters. The lowest BCUT2D eigenvalue weighted by Gasteiger charge is -1.99. The van der Waals surface area contributed by atoms with Crippen molar-refractivity contribution >= 4 is 52.2 Å².